The Bertz CT molecular complexity index is 365. The predicted octanol–water partition coefficient (Wildman–Crippen LogP) is 3.02. The second-order valence-electron chi connectivity index (χ2n) is 4.71. The minimum Gasteiger partial charge on any atom is -0.328 e. The molecule has 0 aromatic heterocycles. The molecule has 2 rings (SSSR count). The fourth-order valence-corrected chi connectivity index (χ4v) is 2.54. The van der Waals surface area contributed by atoms with Crippen LogP contribution in [0.2, 0.25) is 0 Å². The van der Waals surface area contributed by atoms with Crippen LogP contribution < -0.4 is 5.73 Å². The Morgan fingerprint density at radius 2 is 2.06 bits per heavy atom. The molecule has 1 aromatic carbocycles. The Hall–Kier alpha value is -0.960. The number of hydrogen-bond donors (Lipinski definition) is 1. The van der Waals surface area contributed by atoms with Crippen molar-refractivity contribution >= 4 is 0 Å². The van der Waals surface area contributed by atoms with E-state index in [0.29, 0.717) is 17.9 Å². The van der Waals surface area contributed by atoms with E-state index >= 15 is 0 Å². The van der Waals surface area contributed by atoms with E-state index in [1.54, 1.807) is 12.1 Å². The van der Waals surface area contributed by atoms with E-state index in [2.05, 4.69) is 0 Å². The third kappa shape index (κ3) is 2.59. The first-order valence-electron chi connectivity index (χ1n) is 5.85. The van der Waals surface area contributed by atoms with E-state index in [1.807, 2.05) is 0 Å². The standard InChI is InChI=1S/C13H17F2N/c14-12-6-2-4-10(13(12)15)7-9-3-1-5-11(16)8-9/h2,4,6,9,11H,1,3,5,7-8,16H2. The van der Waals surface area contributed by atoms with Gasteiger partial charge in [0, 0.05) is 6.04 Å². The summed E-state index contributed by atoms with van der Waals surface area (Å²) in [5.41, 5.74) is 6.36. The van der Waals surface area contributed by atoms with Crippen LogP contribution in [-0.4, -0.2) is 6.04 Å². The third-order valence-electron chi connectivity index (χ3n) is 3.36. The van der Waals surface area contributed by atoms with Crippen molar-refractivity contribution in [2.45, 2.75) is 38.1 Å². The maximum Gasteiger partial charge on any atom is 0.162 e. The summed E-state index contributed by atoms with van der Waals surface area (Å²) in [6, 6.07) is 4.62. The number of halogens is 2. The molecule has 0 spiro atoms. The molecule has 0 bridgehead atoms. The van der Waals surface area contributed by atoms with Crippen LogP contribution >= 0.6 is 0 Å². The van der Waals surface area contributed by atoms with Gasteiger partial charge in [-0.25, -0.2) is 8.78 Å². The topological polar surface area (TPSA) is 26.0 Å². The van der Waals surface area contributed by atoms with Crippen LogP contribution in [0.1, 0.15) is 31.2 Å². The van der Waals surface area contributed by atoms with Gasteiger partial charge in [0.25, 0.3) is 0 Å². The van der Waals surface area contributed by atoms with Crippen molar-refractivity contribution in [3.8, 4) is 0 Å². The van der Waals surface area contributed by atoms with Crippen LogP contribution in [0.5, 0.6) is 0 Å². The first kappa shape index (κ1) is 11.5. The quantitative estimate of drug-likeness (QED) is 0.822. The largest absolute Gasteiger partial charge is 0.328 e. The fraction of sp³-hybridized carbons (Fsp3) is 0.538. The lowest BCUT2D eigenvalue weighted by atomic mass is 9.82. The molecule has 2 N–H and O–H groups in total. The van der Waals surface area contributed by atoms with E-state index in [1.165, 1.54) is 0 Å². The molecule has 1 aromatic rings. The fourth-order valence-electron chi connectivity index (χ4n) is 2.54. The Kier molecular flexibility index (Phi) is 3.54. The first-order valence-corrected chi connectivity index (χ1v) is 5.85. The molecule has 0 saturated heterocycles. The molecule has 1 aliphatic rings. The van der Waals surface area contributed by atoms with Crippen LogP contribution in [0.3, 0.4) is 0 Å². The minimum atomic E-state index is -0.752. The number of nitrogens with two attached hydrogens (primary N) is 1. The van der Waals surface area contributed by atoms with Gasteiger partial charge in [0.15, 0.2) is 11.6 Å². The Labute approximate surface area is 94.7 Å². The summed E-state index contributed by atoms with van der Waals surface area (Å²) in [6.45, 7) is 0. The average molecular weight is 225 g/mol. The highest BCUT2D eigenvalue weighted by Gasteiger charge is 2.21. The van der Waals surface area contributed by atoms with Gasteiger partial charge in [-0.05, 0) is 36.8 Å². The van der Waals surface area contributed by atoms with Crippen molar-refractivity contribution in [2.75, 3.05) is 0 Å². The summed E-state index contributed by atoms with van der Waals surface area (Å²) in [4.78, 5) is 0. The van der Waals surface area contributed by atoms with Gasteiger partial charge in [0.1, 0.15) is 0 Å². The maximum absolute atomic E-state index is 13.4. The van der Waals surface area contributed by atoms with Crippen molar-refractivity contribution < 1.29 is 8.78 Å². The third-order valence-corrected chi connectivity index (χ3v) is 3.36. The van der Waals surface area contributed by atoms with Gasteiger partial charge in [-0.1, -0.05) is 25.0 Å². The molecule has 1 fully saturated rings. The average Bonchev–Trinajstić information content (AvgIpc) is 2.25. The molecule has 1 aliphatic carbocycles. The van der Waals surface area contributed by atoms with Crippen molar-refractivity contribution in [3.05, 3.63) is 35.4 Å². The van der Waals surface area contributed by atoms with Crippen LogP contribution in [0, 0.1) is 17.6 Å². The van der Waals surface area contributed by atoms with Crippen molar-refractivity contribution in [1.82, 2.24) is 0 Å². The zero-order chi connectivity index (χ0) is 11.5. The highest BCUT2D eigenvalue weighted by atomic mass is 19.2. The Morgan fingerprint density at radius 3 is 2.81 bits per heavy atom. The molecule has 1 nitrogen and oxygen atoms in total. The minimum absolute atomic E-state index is 0.232. The van der Waals surface area contributed by atoms with Crippen molar-refractivity contribution in [3.63, 3.8) is 0 Å². The van der Waals surface area contributed by atoms with E-state index in [9.17, 15) is 8.78 Å². The van der Waals surface area contributed by atoms with Gasteiger partial charge < -0.3 is 5.73 Å². The lowest BCUT2D eigenvalue weighted by molar-refractivity contribution is 0.317. The van der Waals surface area contributed by atoms with E-state index < -0.39 is 11.6 Å². The molecule has 2 atom stereocenters. The van der Waals surface area contributed by atoms with Gasteiger partial charge in [-0.2, -0.15) is 0 Å². The van der Waals surface area contributed by atoms with Gasteiger partial charge >= 0.3 is 0 Å². The smallest absolute Gasteiger partial charge is 0.162 e. The molecule has 0 aliphatic heterocycles. The molecule has 0 amide bonds. The summed E-state index contributed by atoms with van der Waals surface area (Å²) in [5, 5.41) is 0. The lowest BCUT2D eigenvalue weighted by Crippen LogP contribution is -2.28. The first-order chi connectivity index (χ1) is 7.66. The molecule has 1 saturated carbocycles. The maximum atomic E-state index is 13.4. The van der Waals surface area contributed by atoms with E-state index in [0.717, 1.165) is 31.7 Å². The van der Waals surface area contributed by atoms with E-state index in [4.69, 9.17) is 5.73 Å². The highest BCUT2D eigenvalue weighted by Crippen LogP contribution is 2.27. The molecule has 0 heterocycles. The second-order valence-corrected chi connectivity index (χ2v) is 4.71. The van der Waals surface area contributed by atoms with Crippen molar-refractivity contribution in [2.24, 2.45) is 11.7 Å². The van der Waals surface area contributed by atoms with Crippen LogP contribution in [0.25, 0.3) is 0 Å². The molecular weight excluding hydrogens is 208 g/mol. The molecule has 0 radical (unpaired) electrons. The monoisotopic (exact) mass is 225 g/mol. The summed E-state index contributed by atoms with van der Waals surface area (Å²) in [5.74, 6) is -1.04. The predicted molar refractivity (Wildman–Crippen MR) is 60.0 cm³/mol. The highest BCUT2D eigenvalue weighted by molar-refractivity contribution is 5.19. The van der Waals surface area contributed by atoms with Gasteiger partial charge in [0.2, 0.25) is 0 Å². The number of hydrogen-bond acceptors (Lipinski definition) is 1. The second kappa shape index (κ2) is 4.91. The summed E-state index contributed by atoms with van der Waals surface area (Å²) >= 11 is 0. The SMILES string of the molecule is NC1CCCC(Cc2cccc(F)c2F)C1. The number of benzene rings is 1. The van der Waals surface area contributed by atoms with E-state index in [-0.39, 0.29) is 6.04 Å². The Balaban J connectivity index is 2.05. The number of rotatable bonds is 2. The molecular formula is C13H17F2N. The summed E-state index contributed by atoms with van der Waals surface area (Å²) in [6.07, 6.45) is 4.77. The molecule has 2 unspecified atom stereocenters. The van der Waals surface area contributed by atoms with Gasteiger partial charge in [-0.15, -0.1) is 0 Å². The zero-order valence-electron chi connectivity index (χ0n) is 9.26. The van der Waals surface area contributed by atoms with Crippen LogP contribution in [0.4, 0.5) is 8.78 Å². The Morgan fingerprint density at radius 1 is 1.25 bits per heavy atom. The van der Waals surface area contributed by atoms with Crippen LogP contribution in [-0.2, 0) is 6.42 Å². The zero-order valence-corrected chi connectivity index (χ0v) is 9.26. The molecule has 3 heteroatoms. The van der Waals surface area contributed by atoms with Gasteiger partial charge in [-0.3, -0.25) is 0 Å². The lowest BCUT2D eigenvalue weighted by Gasteiger charge is -2.26. The van der Waals surface area contributed by atoms with Crippen molar-refractivity contribution in [1.29, 1.82) is 0 Å². The summed E-state index contributed by atoms with van der Waals surface area (Å²) in [7, 11) is 0. The molecule has 16 heavy (non-hydrogen) atoms. The summed E-state index contributed by atoms with van der Waals surface area (Å²) < 4.78 is 26.5. The normalized spacial score (nSPS) is 25.7. The van der Waals surface area contributed by atoms with Gasteiger partial charge in [0.05, 0.1) is 0 Å². The van der Waals surface area contributed by atoms with Crippen LogP contribution in [0.15, 0.2) is 18.2 Å². The molecule has 88 valence electrons.